The van der Waals surface area contributed by atoms with E-state index in [1.165, 1.54) is 44.5 Å². The Hall–Kier alpha value is -11.8. The molecule has 0 aliphatic heterocycles. The summed E-state index contributed by atoms with van der Waals surface area (Å²) < 4.78 is 4.94. The van der Waals surface area contributed by atoms with Gasteiger partial charge in [0, 0.05) is 33.4 Å². The molecule has 0 saturated heterocycles. The Bertz CT molecular complexity index is 4990. The third kappa shape index (κ3) is 7.85. The molecule has 0 unspecified atom stereocenters. The van der Waals surface area contributed by atoms with Gasteiger partial charge in [-0.2, -0.15) is 5.26 Å². The summed E-state index contributed by atoms with van der Waals surface area (Å²) in [5.41, 5.74) is 29.6. The minimum atomic E-state index is -0.367. The molecule has 0 fully saturated rings. The van der Waals surface area contributed by atoms with Gasteiger partial charge >= 0.3 is 0 Å². The van der Waals surface area contributed by atoms with E-state index in [-0.39, 0.29) is 11.8 Å². The zero-order valence-electron chi connectivity index (χ0n) is 49.1. The van der Waals surface area contributed by atoms with Gasteiger partial charge in [-0.1, -0.05) is 273 Å². The zero-order valence-corrected chi connectivity index (χ0v) is 49.1. The summed E-state index contributed by atoms with van der Waals surface area (Å²) >= 11 is 0. The first-order valence-corrected chi connectivity index (χ1v) is 31.1. The van der Waals surface area contributed by atoms with Gasteiger partial charge in [0.15, 0.2) is 0 Å². The first kappa shape index (κ1) is 51.4. The smallest absolute Gasteiger partial charge is 0.104 e. The van der Waals surface area contributed by atoms with Crippen molar-refractivity contribution in [1.29, 1.82) is 5.26 Å². The van der Waals surface area contributed by atoms with Crippen LogP contribution in [0.2, 0.25) is 0 Å². The highest BCUT2D eigenvalue weighted by atomic mass is 15.0. The monoisotopic (exact) mass is 1140 g/mol. The van der Waals surface area contributed by atoms with Crippen molar-refractivity contribution < 1.29 is 0 Å². The normalized spacial score (nSPS) is 12.6. The van der Waals surface area contributed by atoms with Gasteiger partial charge in [0.1, 0.15) is 11.6 Å². The molecule has 0 bridgehead atoms. The number of benzene rings is 14. The molecule has 3 heteroatoms. The van der Waals surface area contributed by atoms with Gasteiger partial charge in [0.2, 0.25) is 0 Å². The van der Waals surface area contributed by atoms with E-state index < -0.39 is 0 Å². The molecule has 16 aromatic rings. The van der Waals surface area contributed by atoms with Gasteiger partial charge in [-0.05, 0) is 160 Å². The van der Waals surface area contributed by atoms with Gasteiger partial charge in [0.05, 0.1) is 33.4 Å². The van der Waals surface area contributed by atoms with Crippen molar-refractivity contribution in [2.24, 2.45) is 0 Å². The predicted octanol–water partition coefficient (Wildman–Crippen LogP) is 22.4. The quantitative estimate of drug-likeness (QED) is 0.142. The van der Waals surface area contributed by atoms with E-state index >= 15 is 0 Å². The third-order valence-electron chi connectivity index (χ3n) is 19.3. The number of para-hydroxylation sites is 4. The zero-order chi connectivity index (χ0) is 59.4. The number of aromatic nitrogens is 2. The highest BCUT2D eigenvalue weighted by Crippen LogP contribution is 2.61. The van der Waals surface area contributed by atoms with Crippen LogP contribution in [0.15, 0.2) is 322 Å². The summed E-state index contributed by atoms with van der Waals surface area (Å²) in [6.07, 6.45) is 0. The fourth-order valence-corrected chi connectivity index (χ4v) is 15.5. The van der Waals surface area contributed by atoms with E-state index in [2.05, 4.69) is 337 Å². The molecule has 0 saturated carbocycles. The highest BCUT2D eigenvalue weighted by molar-refractivity contribution is 6.12. The van der Waals surface area contributed by atoms with E-state index in [0.29, 0.717) is 5.56 Å². The van der Waals surface area contributed by atoms with Crippen LogP contribution in [0, 0.1) is 11.3 Å². The molecule has 2 aromatic heterocycles. The van der Waals surface area contributed by atoms with Crippen LogP contribution in [0.3, 0.4) is 0 Å². The molecule has 2 aliphatic rings. The lowest BCUT2D eigenvalue weighted by Crippen LogP contribution is -2.18. The molecule has 2 aliphatic carbocycles. The second-order valence-corrected chi connectivity index (χ2v) is 24.0. The van der Waals surface area contributed by atoms with Crippen LogP contribution in [0.1, 0.15) is 50.8 Å². The van der Waals surface area contributed by atoms with Crippen LogP contribution in [0.25, 0.3) is 133 Å². The summed E-state index contributed by atoms with van der Waals surface area (Å²) in [6, 6.07) is 121. The maximum Gasteiger partial charge on any atom is 0.104 e. The van der Waals surface area contributed by atoms with E-state index in [1.807, 2.05) is 0 Å². The summed E-state index contributed by atoms with van der Waals surface area (Å²) in [4.78, 5) is 0. The van der Waals surface area contributed by atoms with Crippen molar-refractivity contribution >= 4 is 43.6 Å². The molecule has 0 spiro atoms. The van der Waals surface area contributed by atoms with E-state index in [0.717, 1.165) is 122 Å². The van der Waals surface area contributed by atoms with Gasteiger partial charge < -0.3 is 9.13 Å². The SMILES string of the molecule is N#Cc1c(-n2c3ccccc3c3ccccc32)c(C2c3ccc(-c4ccccc4)cc3-c3cc(-c4ccccc4)ccc32)c(-c2ccccc2)c(C2c3ccc(-c4ccccc4)cc3-c3cc(-c4ccccc4)ccc32)c1-n1c2ccccc2c2ccccc21. The van der Waals surface area contributed by atoms with Crippen LogP contribution in [-0.2, 0) is 0 Å². The summed E-state index contributed by atoms with van der Waals surface area (Å²) in [6.45, 7) is 0. The predicted molar refractivity (Wildman–Crippen MR) is 373 cm³/mol. The standard InChI is InChI=1S/C87H55N3/c88-54-76-86(89-77-38-20-16-34-64(77)65-35-17-21-39-78(65)89)84(82-68-46-42-60(55-24-6-1-7-25-55)50-72(68)73-51-61(43-47-69(73)82)56-26-8-2-9-27-56)81(59-32-14-5-15-33-59)85(87(76)90-79-40-22-18-36-66(79)67-37-19-23-41-80(67)90)83-70-48-44-62(57-28-10-3-11-29-57)52-74(70)75-53-63(45-49-71(75)83)58-30-12-4-13-31-58/h1-53,82-83H. The molecule has 90 heavy (non-hydrogen) atoms. The molecule has 0 radical (unpaired) electrons. The Morgan fingerprint density at radius 1 is 0.244 bits per heavy atom. The van der Waals surface area contributed by atoms with Crippen molar-refractivity contribution in [3.8, 4) is 95.3 Å². The van der Waals surface area contributed by atoms with Crippen LogP contribution < -0.4 is 0 Å². The topological polar surface area (TPSA) is 33.6 Å². The van der Waals surface area contributed by atoms with E-state index in [4.69, 9.17) is 0 Å². The minimum Gasteiger partial charge on any atom is -0.307 e. The van der Waals surface area contributed by atoms with Gasteiger partial charge in [-0.15, -0.1) is 0 Å². The fourth-order valence-electron chi connectivity index (χ4n) is 15.5. The molecule has 18 rings (SSSR count). The second-order valence-electron chi connectivity index (χ2n) is 24.0. The van der Waals surface area contributed by atoms with Crippen LogP contribution >= 0.6 is 0 Å². The van der Waals surface area contributed by atoms with Crippen LogP contribution in [-0.4, -0.2) is 9.13 Å². The molecular formula is C87H55N3. The first-order valence-electron chi connectivity index (χ1n) is 31.1. The third-order valence-corrected chi connectivity index (χ3v) is 19.3. The van der Waals surface area contributed by atoms with Crippen molar-refractivity contribution in [1.82, 2.24) is 9.13 Å². The number of nitrogens with zero attached hydrogens (tertiary/aromatic N) is 3. The van der Waals surface area contributed by atoms with Gasteiger partial charge in [-0.25, -0.2) is 0 Å². The Balaban J connectivity index is 1.07. The Morgan fingerprint density at radius 3 is 0.756 bits per heavy atom. The fraction of sp³-hybridized carbons (Fsp3) is 0.0230. The average Bonchev–Trinajstić information content (AvgIpc) is 1.47. The lowest BCUT2D eigenvalue weighted by atomic mass is 9.74. The largest absolute Gasteiger partial charge is 0.307 e. The van der Waals surface area contributed by atoms with Crippen LogP contribution in [0.4, 0.5) is 0 Å². The lowest BCUT2D eigenvalue weighted by Gasteiger charge is -2.33. The number of rotatable bonds is 9. The number of hydrogen-bond donors (Lipinski definition) is 0. The van der Waals surface area contributed by atoms with Crippen molar-refractivity contribution in [2.45, 2.75) is 11.8 Å². The maximum atomic E-state index is 13.2. The number of fused-ring (bicyclic) bond motifs is 12. The van der Waals surface area contributed by atoms with Crippen molar-refractivity contribution in [2.75, 3.05) is 0 Å². The Labute approximate surface area is 522 Å². The van der Waals surface area contributed by atoms with Gasteiger partial charge in [0.25, 0.3) is 0 Å². The van der Waals surface area contributed by atoms with E-state index in [9.17, 15) is 5.26 Å². The minimum absolute atomic E-state index is 0.367. The molecule has 2 heterocycles. The average molecular weight is 1140 g/mol. The van der Waals surface area contributed by atoms with Crippen molar-refractivity contribution in [3.63, 3.8) is 0 Å². The Morgan fingerprint density at radius 2 is 0.489 bits per heavy atom. The lowest BCUT2D eigenvalue weighted by molar-refractivity contribution is 0.934. The highest BCUT2D eigenvalue weighted by Gasteiger charge is 2.43. The molecular weight excluding hydrogens is 1090 g/mol. The van der Waals surface area contributed by atoms with Crippen molar-refractivity contribution in [3.05, 3.63) is 360 Å². The molecule has 418 valence electrons. The first-order chi connectivity index (χ1) is 44.7. The summed E-state index contributed by atoms with van der Waals surface area (Å²) in [7, 11) is 0. The molecule has 0 N–H and O–H groups in total. The summed E-state index contributed by atoms with van der Waals surface area (Å²) in [5.74, 6) is -0.733. The molecule has 14 aromatic carbocycles. The maximum absolute atomic E-state index is 13.2. The molecule has 0 amide bonds. The molecule has 3 nitrogen and oxygen atoms in total. The van der Waals surface area contributed by atoms with Gasteiger partial charge in [-0.3, -0.25) is 0 Å². The second kappa shape index (κ2) is 20.7. The Kier molecular flexibility index (Phi) is 11.8. The van der Waals surface area contributed by atoms with E-state index in [1.54, 1.807) is 0 Å². The van der Waals surface area contributed by atoms with Crippen LogP contribution in [0.5, 0.6) is 0 Å². The summed E-state index contributed by atoms with van der Waals surface area (Å²) in [5, 5.41) is 17.7. The molecule has 0 atom stereocenters. The number of nitriles is 1. The number of hydrogen-bond acceptors (Lipinski definition) is 1.